The van der Waals surface area contributed by atoms with Crippen LogP contribution in [0.1, 0.15) is 22.3 Å². The summed E-state index contributed by atoms with van der Waals surface area (Å²) < 4.78 is 4.91. The highest BCUT2D eigenvalue weighted by Gasteiger charge is 2.11. The molecular weight excluding hydrogens is 352 g/mol. The van der Waals surface area contributed by atoms with Crippen molar-refractivity contribution < 1.29 is 14.3 Å². The molecule has 2 aromatic rings. The van der Waals surface area contributed by atoms with Crippen molar-refractivity contribution in [2.75, 3.05) is 11.9 Å². The fourth-order valence-corrected chi connectivity index (χ4v) is 2.64. The molecule has 0 aromatic heterocycles. The van der Waals surface area contributed by atoms with E-state index in [0.29, 0.717) is 16.3 Å². The zero-order valence-corrected chi connectivity index (χ0v) is 15.1. The molecule has 132 valence electrons. The van der Waals surface area contributed by atoms with Gasteiger partial charge < -0.3 is 10.1 Å². The van der Waals surface area contributed by atoms with Crippen molar-refractivity contribution in [2.45, 2.75) is 13.8 Å². The van der Waals surface area contributed by atoms with Gasteiger partial charge in [0.2, 0.25) is 0 Å². The molecule has 0 fully saturated rings. The molecule has 0 saturated carbocycles. The Kier molecular flexibility index (Phi) is 6.54. The minimum absolute atomic E-state index is 0.416. The Morgan fingerprint density at radius 3 is 2.54 bits per heavy atom. The molecule has 0 aliphatic heterocycles. The summed E-state index contributed by atoms with van der Waals surface area (Å²) in [6.07, 6.45) is 2.77. The number of hydrogen-bond donors (Lipinski definition) is 1. The lowest BCUT2D eigenvalue weighted by molar-refractivity contribution is -0.142. The Labute approximate surface area is 156 Å². The maximum atomic E-state index is 11.9. The van der Waals surface area contributed by atoms with E-state index in [1.807, 2.05) is 26.0 Å². The number of anilines is 1. The SMILES string of the molecule is Cc1cc(C)c(NC(=O)COC(=O)/C=C/c2ccc(C#N)cc2)c(Cl)c1. The van der Waals surface area contributed by atoms with Crippen LogP contribution < -0.4 is 5.32 Å². The van der Waals surface area contributed by atoms with Crippen LogP contribution in [0.15, 0.2) is 42.5 Å². The Morgan fingerprint density at radius 2 is 1.92 bits per heavy atom. The third kappa shape index (κ3) is 5.47. The number of benzene rings is 2. The average Bonchev–Trinajstić information content (AvgIpc) is 2.61. The lowest BCUT2D eigenvalue weighted by Gasteiger charge is -2.11. The molecule has 0 spiro atoms. The Balaban J connectivity index is 1.88. The monoisotopic (exact) mass is 368 g/mol. The first kappa shape index (κ1) is 19.2. The number of aryl methyl sites for hydroxylation is 2. The van der Waals surface area contributed by atoms with E-state index in [1.165, 1.54) is 6.08 Å². The molecule has 0 bridgehead atoms. The molecule has 0 aliphatic rings. The predicted octanol–water partition coefficient (Wildman–Crippen LogP) is 4.02. The van der Waals surface area contributed by atoms with Gasteiger partial charge in [-0.1, -0.05) is 29.8 Å². The van der Waals surface area contributed by atoms with Gasteiger partial charge in [0, 0.05) is 6.08 Å². The van der Waals surface area contributed by atoms with Gasteiger partial charge in [-0.3, -0.25) is 4.79 Å². The highest BCUT2D eigenvalue weighted by atomic mass is 35.5. The second-order valence-corrected chi connectivity index (χ2v) is 6.07. The van der Waals surface area contributed by atoms with Crippen molar-refractivity contribution >= 4 is 35.2 Å². The molecule has 6 heteroatoms. The largest absolute Gasteiger partial charge is 0.452 e. The second kappa shape index (κ2) is 8.84. The first-order valence-electron chi connectivity index (χ1n) is 7.80. The highest BCUT2D eigenvalue weighted by Crippen LogP contribution is 2.27. The van der Waals surface area contributed by atoms with Gasteiger partial charge in [0.25, 0.3) is 5.91 Å². The van der Waals surface area contributed by atoms with E-state index >= 15 is 0 Å². The van der Waals surface area contributed by atoms with E-state index in [1.54, 1.807) is 36.4 Å². The lowest BCUT2D eigenvalue weighted by Crippen LogP contribution is -2.20. The Bertz CT molecular complexity index is 873. The number of halogens is 1. The Hall–Kier alpha value is -3.10. The molecule has 26 heavy (non-hydrogen) atoms. The van der Waals surface area contributed by atoms with E-state index in [4.69, 9.17) is 21.6 Å². The van der Waals surface area contributed by atoms with Crippen molar-refractivity contribution in [3.63, 3.8) is 0 Å². The molecule has 0 radical (unpaired) electrons. The van der Waals surface area contributed by atoms with Crippen LogP contribution in [-0.4, -0.2) is 18.5 Å². The van der Waals surface area contributed by atoms with Gasteiger partial charge in [0.15, 0.2) is 6.61 Å². The zero-order chi connectivity index (χ0) is 19.1. The van der Waals surface area contributed by atoms with Crippen molar-refractivity contribution in [1.82, 2.24) is 0 Å². The third-order valence-corrected chi connectivity index (χ3v) is 3.79. The van der Waals surface area contributed by atoms with Gasteiger partial charge in [-0.05, 0) is 54.8 Å². The molecule has 0 heterocycles. The standard InChI is InChI=1S/C20H17ClN2O3/c1-13-9-14(2)20(17(21)10-13)23-18(24)12-26-19(25)8-7-15-3-5-16(11-22)6-4-15/h3-10H,12H2,1-2H3,(H,23,24)/b8-7+. The number of nitriles is 1. The number of carbonyl (C=O) groups excluding carboxylic acids is 2. The van der Waals surface area contributed by atoms with Crippen LogP contribution in [0.5, 0.6) is 0 Å². The topological polar surface area (TPSA) is 79.2 Å². The maximum absolute atomic E-state index is 11.9. The minimum atomic E-state index is -0.642. The molecule has 0 saturated heterocycles. The zero-order valence-electron chi connectivity index (χ0n) is 14.4. The summed E-state index contributed by atoms with van der Waals surface area (Å²) in [5, 5.41) is 11.8. The molecule has 0 atom stereocenters. The van der Waals surface area contributed by atoms with Gasteiger partial charge >= 0.3 is 5.97 Å². The lowest BCUT2D eigenvalue weighted by atomic mass is 10.1. The van der Waals surface area contributed by atoms with Crippen molar-refractivity contribution in [3.05, 3.63) is 69.8 Å². The van der Waals surface area contributed by atoms with Crippen LogP contribution in [0, 0.1) is 25.2 Å². The van der Waals surface area contributed by atoms with Crippen LogP contribution in [0.3, 0.4) is 0 Å². The summed E-state index contributed by atoms with van der Waals surface area (Å²) in [6.45, 7) is 3.33. The van der Waals surface area contributed by atoms with E-state index < -0.39 is 18.5 Å². The van der Waals surface area contributed by atoms with Crippen LogP contribution in [0.2, 0.25) is 5.02 Å². The molecule has 2 rings (SSSR count). The van der Waals surface area contributed by atoms with E-state index in [9.17, 15) is 9.59 Å². The molecule has 0 aliphatic carbocycles. The van der Waals surface area contributed by atoms with Crippen LogP contribution in [0.4, 0.5) is 5.69 Å². The van der Waals surface area contributed by atoms with Crippen LogP contribution >= 0.6 is 11.6 Å². The molecule has 5 nitrogen and oxygen atoms in total. The third-order valence-electron chi connectivity index (χ3n) is 3.49. The fourth-order valence-electron chi connectivity index (χ4n) is 2.27. The van der Waals surface area contributed by atoms with Crippen molar-refractivity contribution in [2.24, 2.45) is 0 Å². The number of carbonyl (C=O) groups is 2. The normalized spacial score (nSPS) is 10.4. The first-order chi connectivity index (χ1) is 12.4. The number of hydrogen-bond acceptors (Lipinski definition) is 4. The number of esters is 1. The van der Waals surface area contributed by atoms with Gasteiger partial charge in [-0.25, -0.2) is 4.79 Å². The van der Waals surface area contributed by atoms with Gasteiger partial charge in [0.1, 0.15) is 0 Å². The van der Waals surface area contributed by atoms with Gasteiger partial charge in [-0.15, -0.1) is 0 Å². The molecule has 2 aromatic carbocycles. The number of nitrogens with zero attached hydrogens (tertiary/aromatic N) is 1. The molecule has 1 amide bonds. The second-order valence-electron chi connectivity index (χ2n) is 5.66. The minimum Gasteiger partial charge on any atom is -0.452 e. The maximum Gasteiger partial charge on any atom is 0.331 e. The quantitative estimate of drug-likeness (QED) is 0.638. The molecular formula is C20H17ClN2O3. The fraction of sp³-hybridized carbons (Fsp3) is 0.150. The Morgan fingerprint density at radius 1 is 1.23 bits per heavy atom. The smallest absolute Gasteiger partial charge is 0.331 e. The first-order valence-corrected chi connectivity index (χ1v) is 8.18. The van der Waals surface area contributed by atoms with Crippen LogP contribution in [-0.2, 0) is 14.3 Å². The van der Waals surface area contributed by atoms with Crippen LogP contribution in [0.25, 0.3) is 6.08 Å². The summed E-state index contributed by atoms with van der Waals surface area (Å²) in [6, 6.07) is 12.4. The number of ether oxygens (including phenoxy) is 1. The summed E-state index contributed by atoms with van der Waals surface area (Å²) in [5.74, 6) is -1.12. The molecule has 1 N–H and O–H groups in total. The van der Waals surface area contributed by atoms with Crippen molar-refractivity contribution in [3.8, 4) is 6.07 Å². The van der Waals surface area contributed by atoms with Gasteiger partial charge in [-0.2, -0.15) is 5.26 Å². The predicted molar refractivity (Wildman–Crippen MR) is 101 cm³/mol. The summed E-state index contributed by atoms with van der Waals surface area (Å²) in [5.41, 5.74) is 3.60. The number of nitrogens with one attached hydrogen (secondary N) is 1. The van der Waals surface area contributed by atoms with E-state index in [0.717, 1.165) is 16.7 Å². The number of rotatable bonds is 5. The van der Waals surface area contributed by atoms with E-state index in [-0.39, 0.29) is 0 Å². The summed E-state index contributed by atoms with van der Waals surface area (Å²) in [4.78, 5) is 23.7. The van der Waals surface area contributed by atoms with E-state index in [2.05, 4.69) is 5.32 Å². The summed E-state index contributed by atoms with van der Waals surface area (Å²) >= 11 is 6.13. The van der Waals surface area contributed by atoms with Gasteiger partial charge in [0.05, 0.1) is 22.3 Å². The highest BCUT2D eigenvalue weighted by molar-refractivity contribution is 6.34. The number of amides is 1. The summed E-state index contributed by atoms with van der Waals surface area (Å²) in [7, 11) is 0. The average molecular weight is 369 g/mol. The van der Waals surface area contributed by atoms with Crippen molar-refractivity contribution in [1.29, 1.82) is 5.26 Å². The molecule has 0 unspecified atom stereocenters.